The molecule has 1 spiro atoms. The number of furan rings is 1. The molecule has 0 N–H and O–H groups in total. The average Bonchev–Trinajstić information content (AvgIpc) is 3.25. The van der Waals surface area contributed by atoms with E-state index in [1.54, 1.807) is 0 Å². The highest BCUT2D eigenvalue weighted by Gasteiger charge is 2.43. The van der Waals surface area contributed by atoms with Gasteiger partial charge in [-0.15, -0.1) is 0 Å². The first-order chi connectivity index (χ1) is 11.7. The Morgan fingerprint density at radius 3 is 2.83 bits per heavy atom. The topological polar surface area (TPSA) is 38.1 Å². The molecule has 5 heteroatoms. The molecule has 0 bridgehead atoms. The molecule has 1 aromatic rings. The first-order valence-corrected chi connectivity index (χ1v) is 9.46. The molecule has 3 fully saturated rings. The van der Waals surface area contributed by atoms with Crippen molar-refractivity contribution in [3.05, 3.63) is 23.7 Å². The Bertz CT molecular complexity index is 540. The summed E-state index contributed by atoms with van der Waals surface area (Å²) in [4.78, 5) is 4.99. The summed E-state index contributed by atoms with van der Waals surface area (Å²) in [6.45, 7) is 9.84. The number of hydrogen-bond donors (Lipinski definition) is 0. The highest BCUT2D eigenvalue weighted by Crippen LogP contribution is 2.34. The van der Waals surface area contributed by atoms with E-state index in [0.717, 1.165) is 63.8 Å². The fraction of sp³-hybridized carbons (Fsp3) is 0.789. The van der Waals surface area contributed by atoms with Crippen LogP contribution < -0.4 is 0 Å². The van der Waals surface area contributed by atoms with E-state index in [1.807, 2.05) is 13.0 Å². The lowest BCUT2D eigenvalue weighted by atomic mass is 10.00. The second kappa shape index (κ2) is 7.16. The van der Waals surface area contributed by atoms with Crippen LogP contribution in [0.15, 0.2) is 16.5 Å². The van der Waals surface area contributed by atoms with Crippen molar-refractivity contribution >= 4 is 0 Å². The fourth-order valence-electron chi connectivity index (χ4n) is 4.41. The van der Waals surface area contributed by atoms with Crippen LogP contribution in [0.3, 0.4) is 0 Å². The lowest BCUT2D eigenvalue weighted by molar-refractivity contribution is -0.0916. The number of likely N-dealkylation sites (tertiary alicyclic amines) is 1. The van der Waals surface area contributed by atoms with E-state index < -0.39 is 0 Å². The van der Waals surface area contributed by atoms with Crippen molar-refractivity contribution in [1.82, 2.24) is 9.80 Å². The average molecular weight is 334 g/mol. The summed E-state index contributed by atoms with van der Waals surface area (Å²) in [6.07, 6.45) is 5.33. The number of aryl methyl sites for hydroxylation is 1. The lowest BCUT2D eigenvalue weighted by Gasteiger charge is -2.32. The molecule has 4 heterocycles. The van der Waals surface area contributed by atoms with Gasteiger partial charge in [0.25, 0.3) is 0 Å². The minimum Gasteiger partial charge on any atom is -0.465 e. The van der Waals surface area contributed by atoms with E-state index in [4.69, 9.17) is 13.9 Å². The summed E-state index contributed by atoms with van der Waals surface area (Å²) in [5, 5.41) is 0. The molecule has 1 aromatic heterocycles. The summed E-state index contributed by atoms with van der Waals surface area (Å²) in [5.41, 5.74) is -0.122. The minimum absolute atomic E-state index is 0.122. The van der Waals surface area contributed by atoms with Gasteiger partial charge in [0, 0.05) is 19.6 Å². The van der Waals surface area contributed by atoms with E-state index >= 15 is 0 Å². The van der Waals surface area contributed by atoms with Crippen LogP contribution in [0, 0.1) is 6.92 Å². The zero-order chi connectivity index (χ0) is 16.4. The summed E-state index contributed by atoms with van der Waals surface area (Å²) in [5.74, 6) is 2.02. The van der Waals surface area contributed by atoms with Crippen LogP contribution in [0.1, 0.15) is 37.2 Å². The van der Waals surface area contributed by atoms with Crippen molar-refractivity contribution in [1.29, 1.82) is 0 Å². The highest BCUT2D eigenvalue weighted by atomic mass is 16.6. The van der Waals surface area contributed by atoms with Gasteiger partial charge in [0.15, 0.2) is 0 Å². The van der Waals surface area contributed by atoms with Gasteiger partial charge in [0.1, 0.15) is 17.1 Å². The molecule has 0 unspecified atom stereocenters. The number of nitrogens with zero attached hydrogens (tertiary/aromatic N) is 2. The van der Waals surface area contributed by atoms with Crippen LogP contribution in [-0.2, 0) is 16.0 Å². The van der Waals surface area contributed by atoms with Crippen LogP contribution in [-0.4, -0.2) is 67.4 Å². The van der Waals surface area contributed by atoms with Crippen LogP contribution in [0.2, 0.25) is 0 Å². The Morgan fingerprint density at radius 2 is 2.04 bits per heavy atom. The van der Waals surface area contributed by atoms with E-state index in [0.29, 0.717) is 6.10 Å². The van der Waals surface area contributed by atoms with E-state index in [9.17, 15) is 0 Å². The Morgan fingerprint density at radius 1 is 1.17 bits per heavy atom. The molecule has 24 heavy (non-hydrogen) atoms. The standard InChI is InChI=1S/C19H30N2O3/c1-16-4-5-17(23-16)12-21-10-11-22-15-19(14-21)7-6-18(24-19)13-20-8-2-3-9-20/h4-5,18H,2-3,6-15H2,1H3/t18-,19-/m0/s1. The third-order valence-electron chi connectivity index (χ3n) is 5.60. The van der Waals surface area contributed by atoms with Gasteiger partial charge in [0.2, 0.25) is 0 Å². The largest absolute Gasteiger partial charge is 0.465 e. The maximum Gasteiger partial charge on any atom is 0.118 e. The van der Waals surface area contributed by atoms with Crippen LogP contribution in [0.5, 0.6) is 0 Å². The molecule has 0 amide bonds. The fourth-order valence-corrected chi connectivity index (χ4v) is 4.41. The normalized spacial score (nSPS) is 32.6. The molecule has 0 saturated carbocycles. The van der Waals surface area contributed by atoms with E-state index in [-0.39, 0.29) is 5.60 Å². The molecule has 3 aliphatic rings. The van der Waals surface area contributed by atoms with Gasteiger partial charge in [0.05, 0.1) is 25.9 Å². The van der Waals surface area contributed by atoms with E-state index in [2.05, 4.69) is 15.9 Å². The Labute approximate surface area is 144 Å². The quantitative estimate of drug-likeness (QED) is 0.845. The van der Waals surface area contributed by atoms with Gasteiger partial charge < -0.3 is 18.8 Å². The Hall–Kier alpha value is -0.880. The van der Waals surface area contributed by atoms with Crippen molar-refractivity contribution < 1.29 is 13.9 Å². The molecule has 134 valence electrons. The summed E-state index contributed by atoms with van der Waals surface area (Å²) < 4.78 is 18.2. The zero-order valence-electron chi connectivity index (χ0n) is 14.8. The summed E-state index contributed by atoms with van der Waals surface area (Å²) in [6, 6.07) is 4.12. The summed E-state index contributed by atoms with van der Waals surface area (Å²) in [7, 11) is 0. The van der Waals surface area contributed by atoms with Gasteiger partial charge in [-0.05, 0) is 57.8 Å². The second-order valence-corrected chi connectivity index (χ2v) is 7.74. The molecule has 3 saturated heterocycles. The van der Waals surface area contributed by atoms with Gasteiger partial charge in [-0.2, -0.15) is 0 Å². The Kier molecular flexibility index (Phi) is 4.95. The summed E-state index contributed by atoms with van der Waals surface area (Å²) >= 11 is 0. The maximum absolute atomic E-state index is 6.57. The third-order valence-corrected chi connectivity index (χ3v) is 5.60. The number of rotatable bonds is 4. The molecule has 5 nitrogen and oxygen atoms in total. The highest BCUT2D eigenvalue weighted by molar-refractivity contribution is 5.06. The molecule has 0 aromatic carbocycles. The first-order valence-electron chi connectivity index (χ1n) is 9.46. The van der Waals surface area contributed by atoms with Crippen LogP contribution in [0.25, 0.3) is 0 Å². The third kappa shape index (κ3) is 3.85. The smallest absolute Gasteiger partial charge is 0.118 e. The van der Waals surface area contributed by atoms with Crippen LogP contribution >= 0.6 is 0 Å². The molecular formula is C19H30N2O3. The van der Waals surface area contributed by atoms with Crippen molar-refractivity contribution in [2.45, 2.75) is 50.9 Å². The van der Waals surface area contributed by atoms with Gasteiger partial charge in [-0.25, -0.2) is 0 Å². The van der Waals surface area contributed by atoms with Gasteiger partial charge in [-0.1, -0.05) is 0 Å². The molecular weight excluding hydrogens is 304 g/mol. The zero-order valence-corrected chi connectivity index (χ0v) is 14.8. The molecule has 0 aliphatic carbocycles. The maximum atomic E-state index is 6.57. The van der Waals surface area contributed by atoms with E-state index in [1.165, 1.54) is 25.9 Å². The van der Waals surface area contributed by atoms with Gasteiger partial charge >= 0.3 is 0 Å². The number of ether oxygens (including phenoxy) is 2. The monoisotopic (exact) mass is 334 g/mol. The minimum atomic E-state index is -0.122. The van der Waals surface area contributed by atoms with Crippen molar-refractivity contribution in [2.75, 3.05) is 45.9 Å². The molecule has 0 radical (unpaired) electrons. The predicted molar refractivity (Wildman–Crippen MR) is 92.1 cm³/mol. The van der Waals surface area contributed by atoms with Gasteiger partial charge in [-0.3, -0.25) is 4.90 Å². The SMILES string of the molecule is Cc1ccc(CN2CCOC[C@]3(CC[C@@H](CN4CCCC4)O3)C2)o1. The van der Waals surface area contributed by atoms with Crippen molar-refractivity contribution in [3.8, 4) is 0 Å². The molecule has 2 atom stereocenters. The van der Waals surface area contributed by atoms with Crippen molar-refractivity contribution in [2.24, 2.45) is 0 Å². The number of hydrogen-bond acceptors (Lipinski definition) is 5. The first kappa shape index (κ1) is 16.6. The molecule has 3 aliphatic heterocycles. The predicted octanol–water partition coefficient (Wildman–Crippen LogP) is 2.43. The second-order valence-electron chi connectivity index (χ2n) is 7.74. The Balaban J connectivity index is 1.36. The van der Waals surface area contributed by atoms with Crippen molar-refractivity contribution in [3.63, 3.8) is 0 Å². The van der Waals surface area contributed by atoms with Crippen LogP contribution in [0.4, 0.5) is 0 Å². The lowest BCUT2D eigenvalue weighted by Crippen LogP contribution is -2.45. The molecule has 4 rings (SSSR count).